The van der Waals surface area contributed by atoms with Crippen LogP contribution in [0.2, 0.25) is 0 Å². The van der Waals surface area contributed by atoms with Crippen molar-refractivity contribution >= 4 is 22.7 Å². The number of imidazole rings is 1. The van der Waals surface area contributed by atoms with Crippen LogP contribution in [-0.2, 0) is 0 Å². The zero-order valence-corrected chi connectivity index (χ0v) is 7.63. The number of H-pyrrole nitrogens is 1. The van der Waals surface area contributed by atoms with E-state index in [-0.39, 0.29) is 0 Å². The second-order valence-electron chi connectivity index (χ2n) is 3.19. The molecule has 2 rings (SSSR count). The summed E-state index contributed by atoms with van der Waals surface area (Å²) in [4.78, 5) is 9.38. The van der Waals surface area contributed by atoms with E-state index in [0.717, 1.165) is 17.0 Å². The molecule has 1 aromatic carbocycles. The molecular weight excluding hydrogens is 164 g/mol. The van der Waals surface area contributed by atoms with Gasteiger partial charge in [-0.3, -0.25) is 0 Å². The van der Waals surface area contributed by atoms with E-state index < -0.39 is 0 Å². The van der Waals surface area contributed by atoms with Crippen molar-refractivity contribution in [2.45, 2.75) is 0 Å². The minimum atomic E-state index is 0.490. The van der Waals surface area contributed by atoms with Crippen LogP contribution in [0, 0.1) is 0 Å². The Morgan fingerprint density at radius 3 is 2.85 bits per heavy atom. The molecule has 1 radical (unpaired) electrons. The highest BCUT2D eigenvalue weighted by atomic mass is 15.2. The van der Waals surface area contributed by atoms with E-state index in [1.54, 1.807) is 12.1 Å². The number of nitrogens with zero attached hydrogens (tertiary/aromatic N) is 2. The first-order chi connectivity index (χ1) is 6.16. The van der Waals surface area contributed by atoms with Gasteiger partial charge in [-0.15, -0.1) is 0 Å². The molecule has 0 atom stereocenters. The van der Waals surface area contributed by atoms with Gasteiger partial charge >= 0.3 is 0 Å². The number of hydrogen-bond donors (Lipinski definition) is 1. The fourth-order valence-corrected chi connectivity index (χ4v) is 1.20. The predicted octanol–water partition coefficient (Wildman–Crippen LogP) is 1.54. The Morgan fingerprint density at radius 2 is 2.15 bits per heavy atom. The molecule has 67 valence electrons. The molecule has 13 heavy (non-hydrogen) atoms. The Morgan fingerprint density at radius 1 is 1.38 bits per heavy atom. The average molecular weight is 175 g/mol. The Kier molecular flexibility index (Phi) is 1.62. The molecule has 0 saturated heterocycles. The summed E-state index contributed by atoms with van der Waals surface area (Å²) in [5.41, 5.74) is 9.73. The molecule has 0 spiro atoms. The number of benzene rings is 1. The Labute approximate surface area is 76.4 Å². The number of aromatic amines is 1. The van der Waals surface area contributed by atoms with Gasteiger partial charge in [0, 0.05) is 14.1 Å². The highest BCUT2D eigenvalue weighted by Crippen LogP contribution is 2.18. The van der Waals surface area contributed by atoms with E-state index in [1.807, 2.05) is 25.1 Å². The summed E-state index contributed by atoms with van der Waals surface area (Å²) < 4.78 is 0. The normalized spacial score (nSPS) is 10.6. The first kappa shape index (κ1) is 7.91. The number of fused-ring (bicyclic) bond motifs is 1. The van der Waals surface area contributed by atoms with Gasteiger partial charge in [0.05, 0.1) is 16.7 Å². The highest BCUT2D eigenvalue weighted by Gasteiger charge is 2.03. The van der Waals surface area contributed by atoms with Crippen LogP contribution in [0.15, 0.2) is 18.2 Å². The van der Waals surface area contributed by atoms with Gasteiger partial charge in [-0.2, -0.15) is 0 Å². The topological polar surface area (TPSA) is 55.7 Å². The lowest BCUT2D eigenvalue weighted by Crippen LogP contribution is -2.09. The minimum absolute atomic E-state index is 0.490. The van der Waals surface area contributed by atoms with Crippen LogP contribution in [-0.4, -0.2) is 24.1 Å². The van der Waals surface area contributed by atoms with E-state index in [0.29, 0.717) is 5.69 Å². The average Bonchev–Trinajstić information content (AvgIpc) is 2.46. The lowest BCUT2D eigenvalue weighted by Gasteiger charge is -2.05. The lowest BCUT2D eigenvalue weighted by atomic mass is 10.3. The molecule has 0 bridgehead atoms. The van der Waals surface area contributed by atoms with Crippen LogP contribution in [0.4, 0.5) is 11.6 Å². The second-order valence-corrected chi connectivity index (χ2v) is 3.19. The predicted molar refractivity (Wildman–Crippen MR) is 53.2 cm³/mol. The van der Waals surface area contributed by atoms with E-state index in [2.05, 4.69) is 9.97 Å². The summed E-state index contributed by atoms with van der Waals surface area (Å²) >= 11 is 0. The smallest absolute Gasteiger partial charge is 0.203 e. The van der Waals surface area contributed by atoms with Gasteiger partial charge in [0.1, 0.15) is 0 Å². The summed E-state index contributed by atoms with van der Waals surface area (Å²) in [5.74, 6) is 0.820. The van der Waals surface area contributed by atoms with Gasteiger partial charge in [-0.05, 0) is 18.2 Å². The third kappa shape index (κ3) is 1.30. The fraction of sp³-hybridized carbons (Fsp3) is 0.222. The lowest BCUT2D eigenvalue weighted by molar-refractivity contribution is 1.05. The summed E-state index contributed by atoms with van der Waals surface area (Å²) in [5, 5.41) is 0. The number of anilines is 1. The number of rotatable bonds is 1. The van der Waals surface area contributed by atoms with Crippen molar-refractivity contribution in [2.24, 2.45) is 0 Å². The van der Waals surface area contributed by atoms with Gasteiger partial charge in [-0.25, -0.2) is 4.98 Å². The monoisotopic (exact) mass is 175 g/mol. The quantitative estimate of drug-likeness (QED) is 0.714. The molecule has 2 N–H and O–H groups in total. The number of aromatic nitrogens is 2. The largest absolute Gasteiger partial charge is 0.349 e. The number of nitrogens with one attached hydrogen (secondary N) is 2. The van der Waals surface area contributed by atoms with E-state index >= 15 is 0 Å². The van der Waals surface area contributed by atoms with E-state index in [9.17, 15) is 0 Å². The summed E-state index contributed by atoms with van der Waals surface area (Å²) in [7, 11) is 3.86. The summed E-state index contributed by atoms with van der Waals surface area (Å²) in [6.07, 6.45) is 0. The fourth-order valence-electron chi connectivity index (χ4n) is 1.20. The van der Waals surface area contributed by atoms with Crippen LogP contribution in [0.1, 0.15) is 0 Å². The van der Waals surface area contributed by atoms with Crippen molar-refractivity contribution in [3.05, 3.63) is 18.2 Å². The molecule has 1 aromatic heterocycles. The third-order valence-corrected chi connectivity index (χ3v) is 1.89. The van der Waals surface area contributed by atoms with Crippen molar-refractivity contribution in [1.29, 1.82) is 0 Å². The van der Waals surface area contributed by atoms with Gasteiger partial charge in [0.15, 0.2) is 0 Å². The Bertz CT molecular complexity index is 430. The number of hydrogen-bond acceptors (Lipinski definition) is 2. The Balaban J connectivity index is 2.62. The van der Waals surface area contributed by atoms with Crippen LogP contribution >= 0.6 is 0 Å². The molecular formula is C9H11N4. The molecule has 0 aliphatic rings. The minimum Gasteiger partial charge on any atom is -0.349 e. The zero-order valence-electron chi connectivity index (χ0n) is 7.63. The first-order valence-corrected chi connectivity index (χ1v) is 4.05. The second kappa shape index (κ2) is 2.65. The van der Waals surface area contributed by atoms with Gasteiger partial charge in [-0.1, -0.05) is 0 Å². The molecule has 4 heteroatoms. The maximum absolute atomic E-state index is 7.43. The molecule has 0 aliphatic heterocycles. The first-order valence-electron chi connectivity index (χ1n) is 4.05. The van der Waals surface area contributed by atoms with Crippen LogP contribution in [0.3, 0.4) is 0 Å². The zero-order chi connectivity index (χ0) is 9.42. The summed E-state index contributed by atoms with van der Waals surface area (Å²) in [6, 6.07) is 5.37. The maximum Gasteiger partial charge on any atom is 0.203 e. The molecule has 0 saturated carbocycles. The van der Waals surface area contributed by atoms with Crippen molar-refractivity contribution < 1.29 is 0 Å². The molecule has 0 fully saturated rings. The van der Waals surface area contributed by atoms with E-state index in [4.69, 9.17) is 5.73 Å². The summed E-state index contributed by atoms with van der Waals surface area (Å²) in [6.45, 7) is 0. The molecule has 2 aromatic rings. The SMILES string of the molecule is CN(C)c1nc2cc([NH])ccc2[nH]1. The molecule has 4 nitrogen and oxygen atoms in total. The van der Waals surface area contributed by atoms with Crippen molar-refractivity contribution in [2.75, 3.05) is 19.0 Å². The van der Waals surface area contributed by atoms with Gasteiger partial charge < -0.3 is 15.6 Å². The van der Waals surface area contributed by atoms with Crippen LogP contribution < -0.4 is 10.6 Å². The van der Waals surface area contributed by atoms with Crippen molar-refractivity contribution in [3.8, 4) is 0 Å². The van der Waals surface area contributed by atoms with Crippen molar-refractivity contribution in [3.63, 3.8) is 0 Å². The van der Waals surface area contributed by atoms with E-state index in [1.165, 1.54) is 0 Å². The van der Waals surface area contributed by atoms with Crippen LogP contribution in [0.5, 0.6) is 0 Å². The van der Waals surface area contributed by atoms with Gasteiger partial charge in [0.2, 0.25) is 5.95 Å². The van der Waals surface area contributed by atoms with Crippen LogP contribution in [0.25, 0.3) is 11.0 Å². The third-order valence-electron chi connectivity index (χ3n) is 1.89. The Hall–Kier alpha value is -1.71. The highest BCUT2D eigenvalue weighted by molar-refractivity contribution is 5.80. The molecule has 0 unspecified atom stereocenters. The molecule has 0 amide bonds. The van der Waals surface area contributed by atoms with Gasteiger partial charge in [0.25, 0.3) is 0 Å². The molecule has 1 heterocycles. The van der Waals surface area contributed by atoms with Crippen molar-refractivity contribution in [1.82, 2.24) is 15.7 Å². The maximum atomic E-state index is 7.43. The standard InChI is InChI=1S/C9H11N4/c1-13(2)9-11-7-4-3-6(10)5-8(7)12-9/h3-5,10H,1-2H3,(H,11,12). The molecule has 0 aliphatic carbocycles.